The van der Waals surface area contributed by atoms with Gasteiger partial charge in [-0.3, -0.25) is 9.36 Å². The molecule has 0 aliphatic heterocycles. The summed E-state index contributed by atoms with van der Waals surface area (Å²) in [5, 5.41) is 0. The van der Waals surface area contributed by atoms with Gasteiger partial charge in [0.05, 0.1) is 32.8 Å². The number of benzene rings is 2. The average Bonchev–Trinajstić information content (AvgIpc) is 3.51. The molecule has 1 saturated carbocycles. The summed E-state index contributed by atoms with van der Waals surface area (Å²) < 4.78 is 15.8. The monoisotopic (exact) mass is 446 g/mol. The van der Waals surface area contributed by atoms with Gasteiger partial charge in [0.25, 0.3) is 5.56 Å². The first-order chi connectivity index (χ1) is 16.1. The van der Waals surface area contributed by atoms with E-state index in [4.69, 9.17) is 9.47 Å². The number of ether oxygens (including phenoxy) is 2. The Hall–Kier alpha value is -3.81. The largest absolute Gasteiger partial charge is 0.496 e. The molecule has 0 atom stereocenters. The van der Waals surface area contributed by atoms with Crippen molar-refractivity contribution in [2.24, 2.45) is 0 Å². The Balaban J connectivity index is 1.80. The Kier molecular flexibility index (Phi) is 5.50. The summed E-state index contributed by atoms with van der Waals surface area (Å²) in [6, 6.07) is 14.8. The van der Waals surface area contributed by atoms with Crippen molar-refractivity contribution in [2.75, 3.05) is 14.2 Å². The topological polar surface area (TPSA) is 80.3 Å². The van der Waals surface area contributed by atoms with Crippen LogP contribution in [0.5, 0.6) is 11.5 Å². The summed E-state index contributed by atoms with van der Waals surface area (Å²) in [5.74, 6) is 1.27. The lowest BCUT2D eigenvalue weighted by molar-refractivity contribution is 0.408. The zero-order valence-electron chi connectivity index (χ0n) is 18.7. The Morgan fingerprint density at radius 2 is 1.61 bits per heavy atom. The van der Waals surface area contributed by atoms with E-state index in [1.165, 1.54) is 9.13 Å². The van der Waals surface area contributed by atoms with E-state index < -0.39 is 0 Å². The summed E-state index contributed by atoms with van der Waals surface area (Å²) >= 11 is 0. The molecule has 8 heteroatoms. The van der Waals surface area contributed by atoms with Crippen molar-refractivity contribution >= 4 is 11.2 Å². The summed E-state index contributed by atoms with van der Waals surface area (Å²) in [6.45, 7) is 0.393. The van der Waals surface area contributed by atoms with Crippen LogP contribution >= 0.6 is 0 Å². The lowest BCUT2D eigenvalue weighted by Gasteiger charge is -2.18. The van der Waals surface area contributed by atoms with E-state index in [2.05, 4.69) is 4.98 Å². The van der Waals surface area contributed by atoms with Crippen LogP contribution in [0.15, 0.2) is 64.4 Å². The number of aromatic nitrogens is 4. The highest BCUT2D eigenvalue weighted by Gasteiger charge is 2.27. The average molecular weight is 447 g/mol. The smallest absolute Gasteiger partial charge is 0.337 e. The second-order valence-electron chi connectivity index (χ2n) is 8.26. The van der Waals surface area contributed by atoms with Crippen molar-refractivity contribution in [3.05, 3.63) is 81.3 Å². The Labute approximate surface area is 190 Å². The molecule has 1 fully saturated rings. The third kappa shape index (κ3) is 3.51. The van der Waals surface area contributed by atoms with Gasteiger partial charge in [0.2, 0.25) is 0 Å². The van der Waals surface area contributed by atoms with E-state index in [0.29, 0.717) is 29.1 Å². The molecular formula is C25H26N4O4. The molecule has 0 spiro atoms. The molecule has 2 heterocycles. The van der Waals surface area contributed by atoms with Crippen molar-refractivity contribution < 1.29 is 9.47 Å². The number of hydrogen-bond donors (Lipinski definition) is 0. The van der Waals surface area contributed by atoms with E-state index in [1.807, 2.05) is 42.5 Å². The minimum absolute atomic E-state index is 0.120. The molecule has 0 amide bonds. The Morgan fingerprint density at radius 1 is 0.939 bits per heavy atom. The Bertz CT molecular complexity index is 1430. The standard InChI is InChI=1S/C25H26N4O4/c1-32-20-13-7-3-9-17(20)15-27-16-26-23-22(27)24(30)28(18-10-4-5-11-18)25(31)29(23)19-12-6-8-14-21(19)33-2/h3,6-9,12-14,16,18H,4-5,10-11,15H2,1-2H3. The van der Waals surface area contributed by atoms with E-state index in [0.717, 1.165) is 37.0 Å². The molecule has 0 bridgehead atoms. The highest BCUT2D eigenvalue weighted by Crippen LogP contribution is 2.29. The molecule has 0 radical (unpaired) electrons. The van der Waals surface area contributed by atoms with Crippen LogP contribution in [0.25, 0.3) is 16.9 Å². The van der Waals surface area contributed by atoms with Gasteiger partial charge in [-0.05, 0) is 31.0 Å². The first-order valence-corrected chi connectivity index (χ1v) is 11.1. The number of fused-ring (bicyclic) bond motifs is 1. The van der Waals surface area contributed by atoms with Crippen molar-refractivity contribution in [1.82, 2.24) is 18.7 Å². The first-order valence-electron chi connectivity index (χ1n) is 11.1. The number of methoxy groups -OCH3 is 2. The zero-order valence-corrected chi connectivity index (χ0v) is 18.7. The number of imidazole rings is 1. The maximum absolute atomic E-state index is 13.7. The number of para-hydroxylation sites is 3. The van der Waals surface area contributed by atoms with Gasteiger partial charge < -0.3 is 14.0 Å². The van der Waals surface area contributed by atoms with Crippen molar-refractivity contribution in [3.8, 4) is 17.2 Å². The number of hydrogen-bond acceptors (Lipinski definition) is 5. The molecule has 1 aliphatic rings. The zero-order chi connectivity index (χ0) is 22.9. The molecule has 0 N–H and O–H groups in total. The molecular weight excluding hydrogens is 420 g/mol. The van der Waals surface area contributed by atoms with Crippen LogP contribution in [0, 0.1) is 0 Å². The van der Waals surface area contributed by atoms with E-state index in [1.54, 1.807) is 31.2 Å². The van der Waals surface area contributed by atoms with E-state index in [-0.39, 0.29) is 17.3 Å². The second-order valence-corrected chi connectivity index (χ2v) is 8.26. The van der Waals surface area contributed by atoms with Crippen molar-refractivity contribution in [3.63, 3.8) is 0 Å². The van der Waals surface area contributed by atoms with Gasteiger partial charge in [-0.15, -0.1) is 0 Å². The van der Waals surface area contributed by atoms with E-state index >= 15 is 0 Å². The molecule has 4 aromatic rings. The molecule has 2 aromatic heterocycles. The Morgan fingerprint density at radius 3 is 2.33 bits per heavy atom. The van der Waals surface area contributed by atoms with Crippen molar-refractivity contribution in [1.29, 1.82) is 0 Å². The lowest BCUT2D eigenvalue weighted by Crippen LogP contribution is -2.42. The molecule has 2 aromatic carbocycles. The maximum Gasteiger partial charge on any atom is 0.337 e. The highest BCUT2D eigenvalue weighted by molar-refractivity contribution is 5.73. The minimum atomic E-state index is -0.383. The lowest BCUT2D eigenvalue weighted by atomic mass is 10.2. The van der Waals surface area contributed by atoms with Gasteiger partial charge in [0, 0.05) is 11.6 Å². The van der Waals surface area contributed by atoms with Gasteiger partial charge in [-0.1, -0.05) is 43.2 Å². The van der Waals surface area contributed by atoms with Gasteiger partial charge in [0.1, 0.15) is 11.5 Å². The number of nitrogens with zero attached hydrogens (tertiary/aromatic N) is 4. The first kappa shape index (κ1) is 21.1. The SMILES string of the molecule is COc1ccccc1Cn1cnc2c1c(=O)n(C1CCCC1)c(=O)n2-c1ccccc1OC. The molecule has 170 valence electrons. The molecule has 8 nitrogen and oxygen atoms in total. The van der Waals surface area contributed by atoms with E-state index in [9.17, 15) is 9.59 Å². The molecule has 5 rings (SSSR count). The number of rotatable bonds is 6. The summed E-state index contributed by atoms with van der Waals surface area (Å²) in [4.78, 5) is 32.0. The molecule has 1 aliphatic carbocycles. The fraction of sp³-hybridized carbons (Fsp3) is 0.320. The van der Waals surface area contributed by atoms with Crippen LogP contribution in [0.1, 0.15) is 37.3 Å². The van der Waals surface area contributed by atoms with Crippen LogP contribution in [0.3, 0.4) is 0 Å². The highest BCUT2D eigenvalue weighted by atomic mass is 16.5. The maximum atomic E-state index is 13.7. The minimum Gasteiger partial charge on any atom is -0.496 e. The van der Waals surface area contributed by atoms with Crippen LogP contribution < -0.4 is 20.7 Å². The summed E-state index contributed by atoms with van der Waals surface area (Å²) in [6.07, 6.45) is 5.25. The third-order valence-corrected chi connectivity index (χ3v) is 6.40. The fourth-order valence-corrected chi connectivity index (χ4v) is 4.81. The van der Waals surface area contributed by atoms with Crippen LogP contribution in [0.2, 0.25) is 0 Å². The molecule has 33 heavy (non-hydrogen) atoms. The normalized spacial score (nSPS) is 14.1. The summed E-state index contributed by atoms with van der Waals surface area (Å²) in [5.41, 5.74) is 1.49. The van der Waals surface area contributed by atoms with Gasteiger partial charge in [-0.2, -0.15) is 0 Å². The van der Waals surface area contributed by atoms with Gasteiger partial charge >= 0.3 is 5.69 Å². The van der Waals surface area contributed by atoms with Crippen LogP contribution in [-0.2, 0) is 6.54 Å². The fourth-order valence-electron chi connectivity index (χ4n) is 4.81. The van der Waals surface area contributed by atoms with Gasteiger partial charge in [-0.25, -0.2) is 14.3 Å². The second kappa shape index (κ2) is 8.61. The summed E-state index contributed by atoms with van der Waals surface area (Å²) in [7, 11) is 3.19. The predicted octanol–water partition coefficient (Wildman–Crippen LogP) is 3.53. The van der Waals surface area contributed by atoms with Crippen LogP contribution in [-0.4, -0.2) is 32.9 Å². The van der Waals surface area contributed by atoms with Crippen molar-refractivity contribution in [2.45, 2.75) is 38.3 Å². The third-order valence-electron chi connectivity index (χ3n) is 6.40. The van der Waals surface area contributed by atoms with Gasteiger partial charge in [0.15, 0.2) is 11.2 Å². The quantitative estimate of drug-likeness (QED) is 0.453. The molecule has 0 saturated heterocycles. The molecule has 0 unspecified atom stereocenters. The van der Waals surface area contributed by atoms with Crippen LogP contribution in [0.4, 0.5) is 0 Å². The predicted molar refractivity (Wildman–Crippen MR) is 126 cm³/mol.